The molecule has 0 aromatic heterocycles. The van der Waals surface area contributed by atoms with Gasteiger partial charge in [-0.25, -0.2) is 9.59 Å². The van der Waals surface area contributed by atoms with Gasteiger partial charge in [0.05, 0.1) is 27.7 Å². The predicted molar refractivity (Wildman–Crippen MR) is 124 cm³/mol. The van der Waals surface area contributed by atoms with Crippen molar-refractivity contribution in [2.45, 2.75) is 46.0 Å². The molecule has 0 heterocycles. The van der Waals surface area contributed by atoms with Crippen LogP contribution in [0.4, 0.5) is 0 Å². The van der Waals surface area contributed by atoms with Crippen LogP contribution in [-0.4, -0.2) is 83.2 Å². The van der Waals surface area contributed by atoms with Crippen molar-refractivity contribution in [1.82, 2.24) is 0 Å². The molecule has 29 heavy (non-hydrogen) atoms. The van der Waals surface area contributed by atoms with Crippen molar-refractivity contribution in [3.63, 3.8) is 0 Å². The van der Waals surface area contributed by atoms with Crippen molar-refractivity contribution in [1.29, 1.82) is 0 Å². The highest BCUT2D eigenvalue weighted by Crippen LogP contribution is 2.22. The first-order chi connectivity index (χ1) is 13.1. The highest BCUT2D eigenvalue weighted by Gasteiger charge is 2.39. The number of esters is 2. The molecule has 168 valence electrons. The normalized spacial score (nSPS) is 14.5. The largest absolute Gasteiger partial charge is 0.464 e. The fourth-order valence-corrected chi connectivity index (χ4v) is 12.8. The molecule has 0 aliphatic heterocycles. The van der Waals surface area contributed by atoms with Gasteiger partial charge >= 0.3 is 20.5 Å². The molecule has 0 fully saturated rings. The number of hydrogen-bond donors (Lipinski definition) is 0. The summed E-state index contributed by atoms with van der Waals surface area (Å²) in [4.78, 5) is 23.3. The lowest BCUT2D eigenvalue weighted by atomic mass is 10.4. The maximum atomic E-state index is 11.7. The number of rotatable bonds is 14. The zero-order valence-electron chi connectivity index (χ0n) is 19.6. The van der Waals surface area contributed by atoms with Crippen LogP contribution in [0, 0.1) is 0 Å². The van der Waals surface area contributed by atoms with E-state index in [0.29, 0.717) is 17.4 Å². The van der Waals surface area contributed by atoms with Gasteiger partial charge < -0.3 is 22.2 Å². The fraction of sp³-hybridized carbons (Fsp3) is 0.684. The Balaban J connectivity index is 4.95. The minimum absolute atomic E-state index is 0.256. The highest BCUT2D eigenvalue weighted by atomic mass is 28.5. The summed E-state index contributed by atoms with van der Waals surface area (Å²) in [5, 5.41) is 0. The van der Waals surface area contributed by atoms with Gasteiger partial charge in [0.1, 0.15) is 12.5 Å². The van der Waals surface area contributed by atoms with E-state index in [0.717, 1.165) is 23.5 Å². The molecule has 0 aromatic carbocycles. The van der Waals surface area contributed by atoms with Crippen LogP contribution in [0.2, 0.25) is 25.7 Å². The topological polar surface area (TPSA) is 71.1 Å². The van der Waals surface area contributed by atoms with Gasteiger partial charge in [0.2, 0.25) is 8.32 Å². The van der Waals surface area contributed by atoms with Crippen LogP contribution < -0.4 is 0 Å². The second-order valence-corrected chi connectivity index (χ2v) is 18.6. The van der Waals surface area contributed by atoms with Gasteiger partial charge in [-0.3, -0.25) is 0 Å². The van der Waals surface area contributed by atoms with Gasteiger partial charge in [0, 0.05) is 11.1 Å². The number of carbonyl (C=O) groups is 2. The van der Waals surface area contributed by atoms with E-state index >= 15 is 0 Å². The van der Waals surface area contributed by atoms with Crippen molar-refractivity contribution in [3.05, 3.63) is 24.3 Å². The van der Waals surface area contributed by atoms with Crippen LogP contribution in [0.25, 0.3) is 0 Å². The molecule has 0 saturated carbocycles. The molecule has 0 aliphatic rings. The molecule has 7 nitrogen and oxygen atoms in total. The Morgan fingerprint density at radius 2 is 1.48 bits per heavy atom. The first-order valence-electron chi connectivity index (χ1n) is 9.87. The van der Waals surface area contributed by atoms with Crippen LogP contribution in [0.1, 0.15) is 20.3 Å². The summed E-state index contributed by atoms with van der Waals surface area (Å²) in [6, 6.07) is 0.842. The smallest absolute Gasteiger partial charge is 0.332 e. The highest BCUT2D eigenvalue weighted by molar-refractivity contribution is 6.84. The Bertz CT molecular complexity index is 603. The third-order valence-electron chi connectivity index (χ3n) is 3.92. The van der Waals surface area contributed by atoms with Gasteiger partial charge in [-0.1, -0.05) is 13.2 Å². The van der Waals surface area contributed by atoms with Crippen LogP contribution in [0.3, 0.4) is 0 Å². The van der Waals surface area contributed by atoms with Gasteiger partial charge in [0.15, 0.2) is 9.76 Å². The molecule has 10 heteroatoms. The molecule has 0 N–H and O–H groups in total. The SMILES string of the molecule is C=C(C)C(=O)OC[SiH2]O[Si](C)(CCC[N+](C)(C)C)O[Si](C)(C)COC(=O)C(=C)C. The maximum Gasteiger partial charge on any atom is 0.332 e. The lowest BCUT2D eigenvalue weighted by molar-refractivity contribution is -0.870. The van der Waals surface area contributed by atoms with E-state index in [1.165, 1.54) is 0 Å². The number of quaternary nitrogens is 1. The zero-order chi connectivity index (χ0) is 22.9. The number of ether oxygens (including phenoxy) is 2. The average molecular weight is 463 g/mol. The molecular formula is C19H40NO6Si3+. The Morgan fingerprint density at radius 3 is 1.97 bits per heavy atom. The molecular weight excluding hydrogens is 422 g/mol. The summed E-state index contributed by atoms with van der Waals surface area (Å²) in [7, 11) is 0.579. The summed E-state index contributed by atoms with van der Waals surface area (Å²) >= 11 is 0. The summed E-state index contributed by atoms with van der Waals surface area (Å²) in [6.07, 6.45) is 1.52. The fourth-order valence-electron chi connectivity index (χ4n) is 2.52. The minimum atomic E-state index is -2.50. The van der Waals surface area contributed by atoms with E-state index in [1.54, 1.807) is 13.8 Å². The van der Waals surface area contributed by atoms with Gasteiger partial charge in [0.25, 0.3) is 0 Å². The first kappa shape index (κ1) is 28.0. The molecule has 0 saturated heterocycles. The second kappa shape index (κ2) is 12.0. The standard InChI is InChI=1S/C19H40NO6Si3/c1-16(2)18(21)23-14-27-25-29(10,13-11-12-20(5,6)7)26-28(8,9)15-24-19(22)17(3)4/h1,3,11-15,27H2,2,4-10H3/q+1. The Morgan fingerprint density at radius 1 is 0.966 bits per heavy atom. The monoisotopic (exact) mass is 462 g/mol. The van der Waals surface area contributed by atoms with E-state index in [2.05, 4.69) is 40.8 Å². The Kier molecular flexibility index (Phi) is 11.5. The van der Waals surface area contributed by atoms with E-state index in [1.807, 2.05) is 13.1 Å². The molecule has 0 aromatic rings. The molecule has 0 amide bonds. The van der Waals surface area contributed by atoms with Crippen LogP contribution in [0.5, 0.6) is 0 Å². The van der Waals surface area contributed by atoms with E-state index in [9.17, 15) is 9.59 Å². The lowest BCUT2D eigenvalue weighted by Gasteiger charge is -2.36. The predicted octanol–water partition coefficient (Wildman–Crippen LogP) is 2.21. The Labute approximate surface area is 181 Å². The molecule has 0 bridgehead atoms. The molecule has 0 spiro atoms. The van der Waals surface area contributed by atoms with Crippen LogP contribution in [-0.2, 0) is 27.3 Å². The number of hydrogen-bond acceptors (Lipinski definition) is 6. The van der Waals surface area contributed by atoms with Crippen molar-refractivity contribution >= 4 is 38.6 Å². The summed E-state index contributed by atoms with van der Waals surface area (Å²) in [6.45, 7) is 17.6. The average Bonchev–Trinajstić information content (AvgIpc) is 2.54. The molecule has 0 radical (unpaired) electrons. The zero-order valence-corrected chi connectivity index (χ0v) is 23.0. The van der Waals surface area contributed by atoms with Crippen molar-refractivity contribution < 1.29 is 31.8 Å². The van der Waals surface area contributed by atoms with Crippen LogP contribution in [0.15, 0.2) is 24.3 Å². The van der Waals surface area contributed by atoms with Gasteiger partial charge in [-0.15, -0.1) is 0 Å². The molecule has 1 unspecified atom stereocenters. The number of nitrogens with zero attached hydrogens (tertiary/aromatic N) is 1. The van der Waals surface area contributed by atoms with E-state index in [4.69, 9.17) is 17.7 Å². The molecule has 0 aliphatic carbocycles. The van der Waals surface area contributed by atoms with Crippen LogP contribution >= 0.6 is 0 Å². The maximum absolute atomic E-state index is 11.7. The third kappa shape index (κ3) is 13.7. The van der Waals surface area contributed by atoms with Crippen molar-refractivity contribution in [2.75, 3.05) is 40.1 Å². The summed E-state index contributed by atoms with van der Waals surface area (Å²) in [5.74, 6) is -0.790. The lowest BCUT2D eigenvalue weighted by Crippen LogP contribution is -2.52. The van der Waals surface area contributed by atoms with E-state index in [-0.39, 0.29) is 6.23 Å². The third-order valence-corrected chi connectivity index (χ3v) is 13.6. The second-order valence-electron chi connectivity index (χ2n) is 9.23. The van der Waals surface area contributed by atoms with E-state index < -0.39 is 38.6 Å². The quantitative estimate of drug-likeness (QED) is 0.130. The van der Waals surface area contributed by atoms with Crippen molar-refractivity contribution in [2.24, 2.45) is 0 Å². The Hall–Kier alpha value is -1.05. The first-order valence-corrected chi connectivity index (χ1v) is 17.1. The summed E-state index contributed by atoms with van der Waals surface area (Å²) in [5.41, 5.74) is 0.756. The summed E-state index contributed by atoms with van der Waals surface area (Å²) < 4.78 is 24.2. The van der Waals surface area contributed by atoms with Gasteiger partial charge in [-0.2, -0.15) is 0 Å². The molecule has 0 rings (SSSR count). The van der Waals surface area contributed by atoms with Gasteiger partial charge in [-0.05, 0) is 46.0 Å². The minimum Gasteiger partial charge on any atom is -0.464 e. The van der Waals surface area contributed by atoms with Crippen molar-refractivity contribution in [3.8, 4) is 0 Å². The number of carbonyl (C=O) groups excluding carboxylic acids is 2. The molecule has 1 atom stereocenters.